The molecule has 0 radical (unpaired) electrons. The largest absolute Gasteiger partial charge is 0.460 e. The maximum absolute atomic E-state index is 11.7. The van der Waals surface area contributed by atoms with Crippen LogP contribution in [0.25, 0.3) is 0 Å². The first kappa shape index (κ1) is 13.7. The van der Waals surface area contributed by atoms with Crippen LogP contribution in [0.2, 0.25) is 0 Å². The van der Waals surface area contributed by atoms with Crippen LogP contribution in [0, 0.1) is 0 Å². The smallest absolute Gasteiger partial charge is 0.326 e. The van der Waals surface area contributed by atoms with Crippen molar-refractivity contribution in [3.05, 3.63) is 35.9 Å². The third kappa shape index (κ3) is 4.17. The normalized spacial score (nSPS) is 13.2. The van der Waals surface area contributed by atoms with Gasteiger partial charge in [-0.15, -0.1) is 0 Å². The van der Waals surface area contributed by atoms with E-state index < -0.39 is 17.6 Å². The monoisotopic (exact) mass is 237 g/mol. The number of esters is 1. The Labute approximate surface area is 102 Å². The van der Waals surface area contributed by atoms with Crippen molar-refractivity contribution in [2.45, 2.75) is 32.1 Å². The van der Waals surface area contributed by atoms with Gasteiger partial charge >= 0.3 is 5.97 Å². The molecule has 1 atom stereocenters. The fraction of sp³-hybridized carbons (Fsp3) is 0.462. The number of aliphatic hydroxyl groups is 1. The Morgan fingerprint density at radius 1 is 1.41 bits per heavy atom. The lowest BCUT2D eigenvalue weighted by molar-refractivity contribution is -0.153. The summed E-state index contributed by atoms with van der Waals surface area (Å²) in [7, 11) is 1.62. The second-order valence-corrected chi connectivity index (χ2v) is 4.47. The second kappa shape index (κ2) is 5.80. The highest BCUT2D eigenvalue weighted by molar-refractivity contribution is 5.77. The molecule has 0 aromatic heterocycles. The van der Waals surface area contributed by atoms with Gasteiger partial charge in [0.25, 0.3) is 0 Å². The number of nitrogens with one attached hydrogen (secondary N) is 1. The average Bonchev–Trinajstić information content (AvgIpc) is 2.27. The van der Waals surface area contributed by atoms with Crippen LogP contribution in [0.4, 0.5) is 0 Å². The summed E-state index contributed by atoms with van der Waals surface area (Å²) in [5.41, 5.74) is -0.228. The molecule has 2 N–H and O–H groups in total. The molecule has 1 rings (SSSR count). The fourth-order valence-corrected chi connectivity index (χ4v) is 1.57. The molecular weight excluding hydrogens is 218 g/mol. The molecule has 0 saturated carbocycles. The number of carbonyl (C=O) groups excluding carboxylic acids is 1. The molecule has 17 heavy (non-hydrogen) atoms. The van der Waals surface area contributed by atoms with Crippen LogP contribution in [0.1, 0.15) is 19.4 Å². The Bertz CT molecular complexity index is 357. The first-order valence-corrected chi connectivity index (χ1v) is 5.55. The van der Waals surface area contributed by atoms with Gasteiger partial charge in [0.2, 0.25) is 0 Å². The van der Waals surface area contributed by atoms with Gasteiger partial charge in [-0.3, -0.25) is 4.79 Å². The molecule has 4 heteroatoms. The molecule has 0 amide bonds. The van der Waals surface area contributed by atoms with Crippen molar-refractivity contribution in [1.29, 1.82) is 0 Å². The van der Waals surface area contributed by atoms with Crippen LogP contribution in [-0.2, 0) is 16.1 Å². The SMILES string of the molecule is CNC(C(=O)OCc1ccccc1)C(C)(C)O. The zero-order valence-corrected chi connectivity index (χ0v) is 10.4. The predicted octanol–water partition coefficient (Wildman–Crippen LogP) is 1.09. The minimum Gasteiger partial charge on any atom is -0.460 e. The first-order valence-electron chi connectivity index (χ1n) is 5.55. The number of hydrogen-bond acceptors (Lipinski definition) is 4. The summed E-state index contributed by atoms with van der Waals surface area (Å²) in [6, 6.07) is 8.70. The van der Waals surface area contributed by atoms with E-state index in [4.69, 9.17) is 4.74 Å². The molecule has 0 spiro atoms. The topological polar surface area (TPSA) is 58.6 Å². The van der Waals surface area contributed by atoms with E-state index in [-0.39, 0.29) is 6.61 Å². The van der Waals surface area contributed by atoms with Crippen molar-refractivity contribution in [2.24, 2.45) is 0 Å². The summed E-state index contributed by atoms with van der Waals surface area (Å²) in [6.07, 6.45) is 0. The van der Waals surface area contributed by atoms with Gasteiger partial charge in [-0.05, 0) is 26.5 Å². The molecule has 4 nitrogen and oxygen atoms in total. The van der Waals surface area contributed by atoms with E-state index in [1.807, 2.05) is 30.3 Å². The zero-order chi connectivity index (χ0) is 12.9. The fourth-order valence-electron chi connectivity index (χ4n) is 1.57. The molecule has 1 aromatic rings. The summed E-state index contributed by atoms with van der Waals surface area (Å²) in [5, 5.41) is 12.5. The number of benzene rings is 1. The molecule has 0 bridgehead atoms. The van der Waals surface area contributed by atoms with Crippen molar-refractivity contribution in [3.63, 3.8) is 0 Å². The van der Waals surface area contributed by atoms with E-state index in [1.54, 1.807) is 20.9 Å². The van der Waals surface area contributed by atoms with Crippen molar-refractivity contribution < 1.29 is 14.6 Å². The highest BCUT2D eigenvalue weighted by Crippen LogP contribution is 2.11. The molecule has 0 aliphatic carbocycles. The lowest BCUT2D eigenvalue weighted by atomic mass is 9.99. The van der Waals surface area contributed by atoms with Gasteiger partial charge < -0.3 is 15.2 Å². The van der Waals surface area contributed by atoms with Crippen molar-refractivity contribution in [3.8, 4) is 0 Å². The lowest BCUT2D eigenvalue weighted by Gasteiger charge is -2.26. The van der Waals surface area contributed by atoms with E-state index in [1.165, 1.54) is 0 Å². The zero-order valence-electron chi connectivity index (χ0n) is 10.4. The molecule has 1 unspecified atom stereocenters. The van der Waals surface area contributed by atoms with Gasteiger partial charge in [-0.2, -0.15) is 0 Å². The minimum absolute atomic E-state index is 0.216. The minimum atomic E-state index is -1.15. The number of carbonyl (C=O) groups is 1. The molecular formula is C13H19NO3. The van der Waals surface area contributed by atoms with Crippen molar-refractivity contribution in [2.75, 3.05) is 7.05 Å². The number of hydrogen-bond donors (Lipinski definition) is 2. The van der Waals surface area contributed by atoms with Gasteiger partial charge in [0.15, 0.2) is 0 Å². The molecule has 0 fully saturated rings. The van der Waals surface area contributed by atoms with E-state index in [0.29, 0.717) is 0 Å². The van der Waals surface area contributed by atoms with Gasteiger partial charge in [0.05, 0.1) is 5.60 Å². The standard InChI is InChI=1S/C13H19NO3/c1-13(2,16)11(14-3)12(15)17-9-10-7-5-4-6-8-10/h4-8,11,14,16H,9H2,1-3H3. The van der Waals surface area contributed by atoms with Crippen LogP contribution in [0.3, 0.4) is 0 Å². The van der Waals surface area contributed by atoms with Gasteiger partial charge in [-0.25, -0.2) is 0 Å². The third-order valence-electron chi connectivity index (χ3n) is 2.45. The number of ether oxygens (including phenoxy) is 1. The average molecular weight is 237 g/mol. The second-order valence-electron chi connectivity index (χ2n) is 4.47. The Hall–Kier alpha value is -1.39. The summed E-state index contributed by atoms with van der Waals surface area (Å²) >= 11 is 0. The number of likely N-dealkylation sites (N-methyl/N-ethyl adjacent to an activating group) is 1. The summed E-state index contributed by atoms with van der Waals surface area (Å²) in [4.78, 5) is 11.7. The van der Waals surface area contributed by atoms with Gasteiger partial charge in [0.1, 0.15) is 12.6 Å². The summed E-state index contributed by atoms with van der Waals surface area (Å²) in [5.74, 6) is -0.455. The molecule has 1 aromatic carbocycles. The van der Waals surface area contributed by atoms with Gasteiger partial charge in [-0.1, -0.05) is 30.3 Å². The van der Waals surface area contributed by atoms with Crippen LogP contribution in [0.5, 0.6) is 0 Å². The van der Waals surface area contributed by atoms with Crippen molar-refractivity contribution in [1.82, 2.24) is 5.32 Å². The maximum Gasteiger partial charge on any atom is 0.326 e. The first-order chi connectivity index (χ1) is 7.95. The van der Waals surface area contributed by atoms with Crippen LogP contribution < -0.4 is 5.32 Å². The van der Waals surface area contributed by atoms with E-state index in [2.05, 4.69) is 5.32 Å². The highest BCUT2D eigenvalue weighted by Gasteiger charge is 2.33. The quantitative estimate of drug-likeness (QED) is 0.753. The van der Waals surface area contributed by atoms with E-state index in [9.17, 15) is 9.90 Å². The van der Waals surface area contributed by atoms with E-state index in [0.717, 1.165) is 5.56 Å². The van der Waals surface area contributed by atoms with Crippen molar-refractivity contribution >= 4 is 5.97 Å². The van der Waals surface area contributed by atoms with Gasteiger partial charge in [0, 0.05) is 0 Å². The Balaban J connectivity index is 2.55. The van der Waals surface area contributed by atoms with Crippen LogP contribution in [-0.4, -0.2) is 29.8 Å². The summed E-state index contributed by atoms with van der Waals surface area (Å²) in [6.45, 7) is 3.35. The molecule has 0 aliphatic heterocycles. The Morgan fingerprint density at radius 2 is 2.00 bits per heavy atom. The van der Waals surface area contributed by atoms with Crippen LogP contribution in [0.15, 0.2) is 30.3 Å². The maximum atomic E-state index is 11.7. The van der Waals surface area contributed by atoms with E-state index >= 15 is 0 Å². The number of rotatable bonds is 5. The van der Waals surface area contributed by atoms with Crippen LogP contribution >= 0.6 is 0 Å². The predicted molar refractivity (Wildman–Crippen MR) is 65.4 cm³/mol. The Morgan fingerprint density at radius 3 is 2.47 bits per heavy atom. The molecule has 0 heterocycles. The molecule has 94 valence electrons. The molecule has 0 aliphatic rings. The lowest BCUT2D eigenvalue weighted by Crippen LogP contribution is -2.51. The Kier molecular flexibility index (Phi) is 4.66. The molecule has 0 saturated heterocycles. The highest BCUT2D eigenvalue weighted by atomic mass is 16.5. The third-order valence-corrected chi connectivity index (χ3v) is 2.45. The summed E-state index contributed by atoms with van der Waals surface area (Å²) < 4.78 is 5.15.